The molecule has 6 heteroatoms. The molecule has 0 saturated carbocycles. The molecule has 2 aromatic carbocycles. The lowest BCUT2D eigenvalue weighted by molar-refractivity contribution is -0.122. The molecule has 0 aromatic heterocycles. The minimum atomic E-state index is -1.13. The molecule has 2 rings (SSSR count). The van der Waals surface area contributed by atoms with Gasteiger partial charge in [-0.15, -0.1) is 0 Å². The first-order valence-corrected chi connectivity index (χ1v) is 7.37. The van der Waals surface area contributed by atoms with E-state index in [2.05, 4.69) is 10.6 Å². The van der Waals surface area contributed by atoms with Gasteiger partial charge < -0.3 is 10.6 Å². The van der Waals surface area contributed by atoms with Crippen molar-refractivity contribution in [2.75, 3.05) is 7.05 Å². The van der Waals surface area contributed by atoms with E-state index in [0.717, 1.165) is 23.3 Å². The van der Waals surface area contributed by atoms with Gasteiger partial charge in [0.15, 0.2) is 11.6 Å². The summed E-state index contributed by atoms with van der Waals surface area (Å²) in [6, 6.07) is 7.25. The van der Waals surface area contributed by atoms with Gasteiger partial charge in [-0.25, -0.2) is 8.78 Å². The minimum Gasteiger partial charge on any atom is -0.357 e. The first kappa shape index (κ1) is 17.6. The third kappa shape index (κ3) is 3.95. The second kappa shape index (κ2) is 7.21. The van der Waals surface area contributed by atoms with Crippen LogP contribution in [-0.4, -0.2) is 18.9 Å². The van der Waals surface area contributed by atoms with Crippen molar-refractivity contribution in [3.8, 4) is 0 Å². The molecular formula is C18H18F2N2O2. The number of hydrogen-bond donors (Lipinski definition) is 2. The van der Waals surface area contributed by atoms with E-state index in [-0.39, 0.29) is 5.56 Å². The molecule has 0 spiro atoms. The number of nitrogens with one attached hydrogen (secondary N) is 2. The molecule has 0 aliphatic rings. The third-order valence-corrected chi connectivity index (χ3v) is 3.54. The summed E-state index contributed by atoms with van der Waals surface area (Å²) in [4.78, 5) is 24.5. The number of hydrogen-bond acceptors (Lipinski definition) is 2. The molecule has 0 heterocycles. The molecular weight excluding hydrogens is 314 g/mol. The molecule has 126 valence electrons. The van der Waals surface area contributed by atoms with Crippen LogP contribution in [0.1, 0.15) is 33.1 Å². The Morgan fingerprint density at radius 2 is 1.58 bits per heavy atom. The average Bonchev–Trinajstić information content (AvgIpc) is 2.53. The van der Waals surface area contributed by atoms with Gasteiger partial charge in [-0.3, -0.25) is 9.59 Å². The predicted molar refractivity (Wildman–Crippen MR) is 86.5 cm³/mol. The number of benzene rings is 2. The monoisotopic (exact) mass is 332 g/mol. The number of likely N-dealkylation sites (N-methyl/N-ethyl adjacent to an activating group) is 1. The lowest BCUT2D eigenvalue weighted by atomic mass is 10.0. The molecule has 2 N–H and O–H groups in total. The fraction of sp³-hybridized carbons (Fsp3) is 0.222. The maximum Gasteiger partial charge on any atom is 0.252 e. The van der Waals surface area contributed by atoms with Crippen LogP contribution in [0.3, 0.4) is 0 Å². The van der Waals surface area contributed by atoms with Gasteiger partial charge in [0.05, 0.1) is 0 Å². The van der Waals surface area contributed by atoms with Crippen molar-refractivity contribution in [2.24, 2.45) is 0 Å². The third-order valence-electron chi connectivity index (χ3n) is 3.54. The molecule has 0 saturated heterocycles. The summed E-state index contributed by atoms with van der Waals surface area (Å²) in [6.45, 7) is 3.71. The van der Waals surface area contributed by atoms with Crippen LogP contribution in [0.25, 0.3) is 0 Å². The highest BCUT2D eigenvalue weighted by Gasteiger charge is 2.23. The summed E-state index contributed by atoms with van der Waals surface area (Å²) in [7, 11) is 1.40. The van der Waals surface area contributed by atoms with E-state index in [0.29, 0.717) is 5.56 Å². The summed E-state index contributed by atoms with van der Waals surface area (Å²) >= 11 is 0. The van der Waals surface area contributed by atoms with Gasteiger partial charge in [0.2, 0.25) is 5.91 Å². The topological polar surface area (TPSA) is 58.2 Å². The number of rotatable bonds is 4. The van der Waals surface area contributed by atoms with Gasteiger partial charge in [0, 0.05) is 12.6 Å². The van der Waals surface area contributed by atoms with Gasteiger partial charge in [-0.1, -0.05) is 23.3 Å². The zero-order valence-electron chi connectivity index (χ0n) is 13.6. The number of carbonyl (C=O) groups is 2. The Hall–Kier alpha value is -2.76. The summed E-state index contributed by atoms with van der Waals surface area (Å²) in [5, 5.41) is 4.97. The molecule has 0 fully saturated rings. The van der Waals surface area contributed by atoms with E-state index in [1.807, 2.05) is 19.9 Å². The van der Waals surface area contributed by atoms with Gasteiger partial charge >= 0.3 is 0 Å². The Bertz CT molecular complexity index is 770. The minimum absolute atomic E-state index is 0.158. The second-order valence-electron chi connectivity index (χ2n) is 5.57. The molecule has 0 bridgehead atoms. The maximum atomic E-state index is 13.5. The van der Waals surface area contributed by atoms with Gasteiger partial charge in [-0.2, -0.15) is 0 Å². The molecule has 2 aromatic rings. The van der Waals surface area contributed by atoms with Crippen LogP contribution in [0.5, 0.6) is 0 Å². The Morgan fingerprint density at radius 1 is 0.958 bits per heavy atom. The van der Waals surface area contributed by atoms with E-state index in [9.17, 15) is 18.4 Å². The molecule has 1 unspecified atom stereocenters. The fourth-order valence-electron chi connectivity index (χ4n) is 2.46. The van der Waals surface area contributed by atoms with E-state index in [4.69, 9.17) is 0 Å². The van der Waals surface area contributed by atoms with E-state index in [1.165, 1.54) is 13.1 Å². The molecule has 4 nitrogen and oxygen atoms in total. The highest BCUT2D eigenvalue weighted by molar-refractivity contribution is 5.98. The quantitative estimate of drug-likeness (QED) is 0.904. The lowest BCUT2D eigenvalue weighted by Crippen LogP contribution is -2.39. The Morgan fingerprint density at radius 3 is 2.12 bits per heavy atom. The van der Waals surface area contributed by atoms with Crippen LogP contribution >= 0.6 is 0 Å². The average molecular weight is 332 g/mol. The summed E-state index contributed by atoms with van der Waals surface area (Å²) < 4.78 is 26.6. The van der Waals surface area contributed by atoms with Crippen molar-refractivity contribution < 1.29 is 18.4 Å². The fourth-order valence-corrected chi connectivity index (χ4v) is 2.46. The lowest BCUT2D eigenvalue weighted by Gasteiger charge is -2.18. The smallest absolute Gasteiger partial charge is 0.252 e. The summed E-state index contributed by atoms with van der Waals surface area (Å²) in [5.41, 5.74) is 2.36. The van der Waals surface area contributed by atoms with Crippen molar-refractivity contribution in [3.63, 3.8) is 0 Å². The van der Waals surface area contributed by atoms with Crippen LogP contribution in [0.4, 0.5) is 8.78 Å². The van der Waals surface area contributed by atoms with Gasteiger partial charge in [0.25, 0.3) is 5.91 Å². The molecule has 0 aliphatic carbocycles. The van der Waals surface area contributed by atoms with Crippen molar-refractivity contribution in [2.45, 2.75) is 19.9 Å². The predicted octanol–water partition coefficient (Wildman–Crippen LogP) is 2.80. The molecule has 0 aliphatic heterocycles. The summed E-state index contributed by atoms with van der Waals surface area (Å²) in [6.07, 6.45) is 0. The van der Waals surface area contributed by atoms with E-state index >= 15 is 0 Å². The van der Waals surface area contributed by atoms with Crippen LogP contribution in [0, 0.1) is 25.5 Å². The zero-order chi connectivity index (χ0) is 17.9. The number of amides is 2. The highest BCUT2D eigenvalue weighted by atomic mass is 19.2. The van der Waals surface area contributed by atoms with Gasteiger partial charge in [-0.05, 0) is 43.7 Å². The Balaban J connectivity index is 2.33. The molecule has 24 heavy (non-hydrogen) atoms. The van der Waals surface area contributed by atoms with Crippen LogP contribution < -0.4 is 10.6 Å². The van der Waals surface area contributed by atoms with Crippen LogP contribution in [-0.2, 0) is 4.79 Å². The van der Waals surface area contributed by atoms with Crippen molar-refractivity contribution in [1.82, 2.24) is 10.6 Å². The SMILES string of the molecule is CNC(=O)C(NC(=O)c1cc(C)cc(C)c1)c1ccc(F)c(F)c1. The van der Waals surface area contributed by atoms with Gasteiger partial charge in [0.1, 0.15) is 6.04 Å². The molecule has 0 radical (unpaired) electrons. The second-order valence-corrected chi connectivity index (χ2v) is 5.57. The summed E-state index contributed by atoms with van der Waals surface area (Å²) in [5.74, 6) is -3.10. The van der Waals surface area contributed by atoms with Crippen molar-refractivity contribution >= 4 is 11.8 Å². The largest absolute Gasteiger partial charge is 0.357 e. The van der Waals surface area contributed by atoms with Crippen LogP contribution in [0.2, 0.25) is 0 Å². The standard InChI is InChI=1S/C18H18F2N2O2/c1-10-6-11(2)8-13(7-10)17(23)22-16(18(24)21-3)12-4-5-14(19)15(20)9-12/h4-9,16H,1-3H3,(H,21,24)(H,22,23). The normalized spacial score (nSPS) is 11.7. The van der Waals surface area contributed by atoms with Crippen LogP contribution in [0.15, 0.2) is 36.4 Å². The number of halogens is 2. The maximum absolute atomic E-state index is 13.5. The number of aryl methyl sites for hydroxylation is 2. The Kier molecular flexibility index (Phi) is 5.28. The first-order valence-electron chi connectivity index (χ1n) is 7.37. The zero-order valence-corrected chi connectivity index (χ0v) is 13.6. The number of carbonyl (C=O) groups excluding carboxylic acids is 2. The first-order chi connectivity index (χ1) is 11.3. The van der Waals surface area contributed by atoms with E-state index < -0.39 is 29.5 Å². The van der Waals surface area contributed by atoms with Crippen molar-refractivity contribution in [1.29, 1.82) is 0 Å². The molecule has 1 atom stereocenters. The Labute approximate surface area is 138 Å². The molecule has 2 amide bonds. The van der Waals surface area contributed by atoms with E-state index in [1.54, 1.807) is 12.1 Å². The highest BCUT2D eigenvalue weighted by Crippen LogP contribution is 2.18. The van der Waals surface area contributed by atoms with Crippen molar-refractivity contribution in [3.05, 3.63) is 70.3 Å².